The van der Waals surface area contributed by atoms with Crippen molar-refractivity contribution in [1.82, 2.24) is 14.9 Å². The average molecular weight is 315 g/mol. The van der Waals surface area contributed by atoms with Crippen molar-refractivity contribution < 1.29 is 9.13 Å². The molecule has 1 aliphatic heterocycles. The second-order valence-corrected chi connectivity index (χ2v) is 5.98. The fourth-order valence-electron chi connectivity index (χ4n) is 3.17. The maximum atomic E-state index is 13.5. The van der Waals surface area contributed by atoms with E-state index in [2.05, 4.69) is 14.9 Å². The molecule has 4 nitrogen and oxygen atoms in total. The lowest BCUT2D eigenvalue weighted by molar-refractivity contribution is 0.139. The maximum Gasteiger partial charge on any atom is 0.153 e. The summed E-state index contributed by atoms with van der Waals surface area (Å²) in [5, 5.41) is 0. The highest BCUT2D eigenvalue weighted by molar-refractivity contribution is 5.21. The molecule has 0 bridgehead atoms. The van der Waals surface area contributed by atoms with Crippen molar-refractivity contribution in [3.8, 4) is 0 Å². The zero-order chi connectivity index (χ0) is 16.1. The van der Waals surface area contributed by atoms with E-state index < -0.39 is 0 Å². The lowest BCUT2D eigenvalue weighted by Gasteiger charge is -2.36. The summed E-state index contributed by atoms with van der Waals surface area (Å²) >= 11 is 0. The van der Waals surface area contributed by atoms with Crippen LogP contribution in [0, 0.1) is 5.82 Å². The van der Waals surface area contributed by atoms with Gasteiger partial charge in [0, 0.05) is 37.7 Å². The average Bonchev–Trinajstić information content (AvgIpc) is 2.57. The summed E-state index contributed by atoms with van der Waals surface area (Å²) in [4.78, 5) is 11.0. The van der Waals surface area contributed by atoms with E-state index in [9.17, 15) is 4.39 Å². The highest BCUT2D eigenvalue weighted by atomic mass is 19.1. The Balaban J connectivity index is 1.73. The largest absolute Gasteiger partial charge is 0.377 e. The van der Waals surface area contributed by atoms with Crippen LogP contribution in [-0.4, -0.2) is 28.5 Å². The number of halogens is 1. The first kappa shape index (κ1) is 16.0. The van der Waals surface area contributed by atoms with E-state index in [1.54, 1.807) is 19.2 Å². The molecule has 2 aromatic rings. The fourth-order valence-corrected chi connectivity index (χ4v) is 3.17. The number of ether oxygens (including phenoxy) is 1. The van der Waals surface area contributed by atoms with E-state index in [0.29, 0.717) is 12.4 Å². The zero-order valence-electron chi connectivity index (χ0n) is 13.4. The summed E-state index contributed by atoms with van der Waals surface area (Å²) in [5.74, 6) is 0.525. The number of piperidine rings is 1. The van der Waals surface area contributed by atoms with Crippen molar-refractivity contribution in [2.75, 3.05) is 13.7 Å². The van der Waals surface area contributed by atoms with Gasteiger partial charge in [-0.05, 0) is 37.1 Å². The minimum Gasteiger partial charge on any atom is -0.377 e. The molecule has 1 saturated heterocycles. The Morgan fingerprint density at radius 2 is 2.09 bits per heavy atom. The van der Waals surface area contributed by atoms with E-state index in [1.165, 1.54) is 18.9 Å². The highest BCUT2D eigenvalue weighted by Gasteiger charge is 2.24. The Morgan fingerprint density at radius 1 is 1.26 bits per heavy atom. The number of rotatable bonds is 5. The van der Waals surface area contributed by atoms with Crippen molar-refractivity contribution >= 4 is 0 Å². The number of likely N-dealkylation sites (tertiary alicyclic amines) is 1. The van der Waals surface area contributed by atoms with Gasteiger partial charge in [-0.25, -0.2) is 14.4 Å². The predicted octanol–water partition coefficient (Wildman–Crippen LogP) is 3.49. The second-order valence-electron chi connectivity index (χ2n) is 5.98. The molecule has 0 unspecified atom stereocenters. The number of hydrogen-bond acceptors (Lipinski definition) is 4. The van der Waals surface area contributed by atoms with Gasteiger partial charge in [-0.15, -0.1) is 0 Å². The highest BCUT2D eigenvalue weighted by Crippen LogP contribution is 2.32. The number of benzene rings is 1. The number of hydrogen-bond donors (Lipinski definition) is 0. The molecule has 5 heteroatoms. The van der Waals surface area contributed by atoms with Gasteiger partial charge in [0.05, 0.1) is 0 Å². The Bertz CT molecular complexity index is 632. The molecule has 2 heterocycles. The Morgan fingerprint density at radius 3 is 2.83 bits per heavy atom. The summed E-state index contributed by atoms with van der Waals surface area (Å²) in [7, 11) is 1.63. The van der Waals surface area contributed by atoms with Gasteiger partial charge in [-0.1, -0.05) is 18.6 Å². The van der Waals surface area contributed by atoms with E-state index in [1.807, 2.05) is 18.5 Å². The molecule has 0 radical (unpaired) electrons. The summed E-state index contributed by atoms with van der Waals surface area (Å²) in [6.07, 6.45) is 7.14. The van der Waals surface area contributed by atoms with Gasteiger partial charge in [0.15, 0.2) is 5.82 Å². The summed E-state index contributed by atoms with van der Waals surface area (Å²) in [5.41, 5.74) is 2.13. The normalized spacial score (nSPS) is 19.0. The first-order chi connectivity index (χ1) is 11.3. The van der Waals surface area contributed by atoms with Crippen LogP contribution in [0.5, 0.6) is 0 Å². The quantitative estimate of drug-likeness (QED) is 0.846. The molecular weight excluding hydrogens is 293 g/mol. The molecule has 0 saturated carbocycles. The molecule has 0 aliphatic carbocycles. The monoisotopic (exact) mass is 315 g/mol. The van der Waals surface area contributed by atoms with Crippen molar-refractivity contribution in [2.24, 2.45) is 0 Å². The summed E-state index contributed by atoms with van der Waals surface area (Å²) in [6, 6.07) is 7.22. The maximum absolute atomic E-state index is 13.5. The van der Waals surface area contributed by atoms with Gasteiger partial charge >= 0.3 is 0 Å². The lowest BCUT2D eigenvalue weighted by Crippen LogP contribution is -2.33. The number of nitrogens with zero attached hydrogens (tertiary/aromatic N) is 3. The van der Waals surface area contributed by atoms with E-state index in [4.69, 9.17) is 4.74 Å². The molecule has 122 valence electrons. The molecule has 1 atom stereocenters. The van der Waals surface area contributed by atoms with Crippen molar-refractivity contribution in [3.05, 3.63) is 59.4 Å². The molecule has 0 spiro atoms. The third-order valence-corrected chi connectivity index (χ3v) is 4.26. The molecule has 0 N–H and O–H groups in total. The second kappa shape index (κ2) is 7.62. The van der Waals surface area contributed by atoms with E-state index in [-0.39, 0.29) is 11.9 Å². The van der Waals surface area contributed by atoms with Crippen molar-refractivity contribution in [2.45, 2.75) is 38.5 Å². The molecule has 1 aromatic carbocycles. The van der Waals surface area contributed by atoms with Gasteiger partial charge in [-0.3, -0.25) is 4.90 Å². The Labute approximate surface area is 136 Å². The third-order valence-electron chi connectivity index (χ3n) is 4.26. The molecule has 1 fully saturated rings. The predicted molar refractivity (Wildman–Crippen MR) is 86.1 cm³/mol. The van der Waals surface area contributed by atoms with Crippen LogP contribution in [-0.2, 0) is 17.9 Å². The van der Waals surface area contributed by atoms with Gasteiger partial charge in [0.1, 0.15) is 12.4 Å². The molecule has 1 aliphatic rings. The minimum atomic E-state index is -0.166. The SMILES string of the molecule is COCc1ncc(CN2CCCC[C@H]2c2cccc(F)c2)cn1. The molecule has 23 heavy (non-hydrogen) atoms. The minimum absolute atomic E-state index is 0.166. The van der Waals surface area contributed by atoms with Crippen LogP contribution in [0.15, 0.2) is 36.7 Å². The first-order valence-electron chi connectivity index (χ1n) is 8.04. The first-order valence-corrected chi connectivity index (χ1v) is 8.04. The van der Waals surface area contributed by atoms with Crippen LogP contribution < -0.4 is 0 Å². The smallest absolute Gasteiger partial charge is 0.153 e. The lowest BCUT2D eigenvalue weighted by atomic mass is 9.95. The van der Waals surface area contributed by atoms with Crippen LogP contribution in [0.2, 0.25) is 0 Å². The van der Waals surface area contributed by atoms with Crippen LogP contribution in [0.4, 0.5) is 4.39 Å². The van der Waals surface area contributed by atoms with Gasteiger partial charge in [0.2, 0.25) is 0 Å². The van der Waals surface area contributed by atoms with Gasteiger partial charge < -0.3 is 4.74 Å². The van der Waals surface area contributed by atoms with Crippen LogP contribution in [0.1, 0.15) is 42.3 Å². The van der Waals surface area contributed by atoms with Crippen LogP contribution in [0.25, 0.3) is 0 Å². The zero-order valence-corrected chi connectivity index (χ0v) is 13.4. The topological polar surface area (TPSA) is 38.2 Å². The van der Waals surface area contributed by atoms with Crippen molar-refractivity contribution in [1.29, 1.82) is 0 Å². The Hall–Kier alpha value is -1.85. The Kier molecular flexibility index (Phi) is 5.31. The van der Waals surface area contributed by atoms with Gasteiger partial charge in [0.25, 0.3) is 0 Å². The molecule has 3 rings (SSSR count). The van der Waals surface area contributed by atoms with Crippen LogP contribution in [0.3, 0.4) is 0 Å². The number of aromatic nitrogens is 2. The summed E-state index contributed by atoms with van der Waals surface area (Å²) < 4.78 is 18.6. The van der Waals surface area contributed by atoms with E-state index >= 15 is 0 Å². The van der Waals surface area contributed by atoms with E-state index in [0.717, 1.165) is 30.6 Å². The molecule has 1 aromatic heterocycles. The summed E-state index contributed by atoms with van der Waals surface area (Å²) in [6.45, 7) is 2.23. The molecular formula is C18H22FN3O. The third kappa shape index (κ3) is 4.12. The fraction of sp³-hybridized carbons (Fsp3) is 0.444. The van der Waals surface area contributed by atoms with Gasteiger partial charge in [-0.2, -0.15) is 0 Å². The standard InChI is InChI=1S/C18H22FN3O/c1-23-13-18-20-10-14(11-21-18)12-22-8-3-2-7-17(22)15-5-4-6-16(19)9-15/h4-6,9-11,17H,2-3,7-8,12-13H2,1H3/t17-/m0/s1. The number of methoxy groups -OCH3 is 1. The van der Waals surface area contributed by atoms with Crippen molar-refractivity contribution in [3.63, 3.8) is 0 Å². The molecule has 0 amide bonds. The van der Waals surface area contributed by atoms with Crippen LogP contribution >= 0.6 is 0 Å².